The van der Waals surface area contributed by atoms with Gasteiger partial charge in [-0.25, -0.2) is 0 Å². The summed E-state index contributed by atoms with van der Waals surface area (Å²) in [6, 6.07) is 11.2. The number of nitrogens with one attached hydrogen (secondary N) is 1. The van der Waals surface area contributed by atoms with Crippen molar-refractivity contribution in [3.63, 3.8) is 0 Å². The number of ether oxygens (including phenoxy) is 3. The molecule has 1 saturated carbocycles. The van der Waals surface area contributed by atoms with Gasteiger partial charge in [-0.2, -0.15) is 0 Å². The van der Waals surface area contributed by atoms with Crippen LogP contribution in [0.3, 0.4) is 0 Å². The molecule has 41 heavy (non-hydrogen) atoms. The molecule has 2 amide bonds. The van der Waals surface area contributed by atoms with Crippen LogP contribution in [-0.4, -0.2) is 55.7 Å². The van der Waals surface area contributed by atoms with Crippen molar-refractivity contribution < 1.29 is 33.0 Å². The van der Waals surface area contributed by atoms with E-state index in [4.69, 9.17) is 18.6 Å². The minimum absolute atomic E-state index is 0.0452. The molecule has 2 aromatic rings. The van der Waals surface area contributed by atoms with Gasteiger partial charge in [-0.1, -0.05) is 32.0 Å². The lowest BCUT2D eigenvalue weighted by molar-refractivity contribution is -0.182. The van der Waals surface area contributed by atoms with Crippen molar-refractivity contribution in [2.24, 2.45) is 23.2 Å². The molecule has 1 aliphatic carbocycles. The highest BCUT2D eigenvalue weighted by molar-refractivity contribution is 5.92. The molecule has 9 nitrogen and oxygen atoms in total. The summed E-state index contributed by atoms with van der Waals surface area (Å²) in [6.07, 6.45) is 5.38. The molecule has 2 aliphatic heterocycles. The first-order valence-corrected chi connectivity index (χ1v) is 14.5. The number of nitrogens with zero attached hydrogens (tertiary/aromatic N) is 1. The number of rotatable bonds is 11. The van der Waals surface area contributed by atoms with Crippen molar-refractivity contribution in [2.75, 3.05) is 20.8 Å². The first-order valence-electron chi connectivity index (χ1n) is 14.5. The normalized spacial score (nSPS) is 25.9. The third-order valence-corrected chi connectivity index (χ3v) is 8.53. The van der Waals surface area contributed by atoms with Gasteiger partial charge in [0, 0.05) is 24.6 Å². The van der Waals surface area contributed by atoms with E-state index >= 15 is 0 Å². The van der Waals surface area contributed by atoms with E-state index in [1.807, 2.05) is 30.3 Å². The smallest absolute Gasteiger partial charge is 0.320 e. The molecule has 0 unspecified atom stereocenters. The molecule has 9 heteroatoms. The highest BCUT2D eigenvalue weighted by Crippen LogP contribution is 2.56. The minimum Gasteiger partial charge on any atom is -0.496 e. The lowest BCUT2D eigenvalue weighted by Crippen LogP contribution is -2.61. The van der Waals surface area contributed by atoms with Gasteiger partial charge in [0.15, 0.2) is 0 Å². The molecule has 1 N–H and O–H groups in total. The van der Waals surface area contributed by atoms with Crippen LogP contribution in [0.5, 0.6) is 5.75 Å². The molecule has 4 atom stereocenters. The Morgan fingerprint density at radius 3 is 2.59 bits per heavy atom. The minimum atomic E-state index is -1.19. The van der Waals surface area contributed by atoms with Gasteiger partial charge in [0.25, 0.3) is 0 Å². The topological polar surface area (TPSA) is 107 Å². The number of furan rings is 1. The Bertz CT molecular complexity index is 1280. The molecule has 0 bridgehead atoms. The highest BCUT2D eigenvalue weighted by atomic mass is 16.5. The van der Waals surface area contributed by atoms with Crippen LogP contribution in [0, 0.1) is 23.2 Å². The van der Waals surface area contributed by atoms with Gasteiger partial charge < -0.3 is 28.8 Å². The van der Waals surface area contributed by atoms with Crippen LogP contribution in [0.15, 0.2) is 58.9 Å². The number of benzene rings is 1. The standard InChI is InChI=1S/C32H40N2O7/c1-20(2)26-17-27-32(31(37)39-4,29(41-26)22-11-12-22)18-23(30(36)34(27)19-24-9-7-15-40-24)16-28(35)33-14-13-21-8-5-6-10-25(21)38-3/h5-10,15,17,20,22-23,26,29H,11-14,16,18-19H2,1-4H3,(H,33,35)/t23-,26+,29+,32+/m0/s1. The maximum atomic E-state index is 14.1. The average Bonchev–Trinajstić information content (AvgIpc) is 3.69. The number of piperidine rings is 1. The molecule has 2 fully saturated rings. The van der Waals surface area contributed by atoms with E-state index in [1.165, 1.54) is 7.11 Å². The summed E-state index contributed by atoms with van der Waals surface area (Å²) in [6.45, 7) is 4.69. The summed E-state index contributed by atoms with van der Waals surface area (Å²) in [5, 5.41) is 2.96. The lowest BCUT2D eigenvalue weighted by atomic mass is 9.64. The van der Waals surface area contributed by atoms with Crippen LogP contribution >= 0.6 is 0 Å². The Labute approximate surface area is 241 Å². The van der Waals surface area contributed by atoms with Gasteiger partial charge >= 0.3 is 5.97 Å². The van der Waals surface area contributed by atoms with Gasteiger partial charge in [-0.05, 0) is 67.4 Å². The number of carbonyl (C=O) groups is 3. The summed E-state index contributed by atoms with van der Waals surface area (Å²) in [5.74, 6) is 0.0826. The highest BCUT2D eigenvalue weighted by Gasteiger charge is 2.64. The van der Waals surface area contributed by atoms with Crippen LogP contribution in [0.1, 0.15) is 50.9 Å². The fraction of sp³-hybridized carbons (Fsp3) is 0.531. The summed E-state index contributed by atoms with van der Waals surface area (Å²) in [5.41, 5.74) is 0.407. The van der Waals surface area contributed by atoms with Gasteiger partial charge in [0.1, 0.15) is 16.9 Å². The van der Waals surface area contributed by atoms with Crippen molar-refractivity contribution >= 4 is 17.8 Å². The summed E-state index contributed by atoms with van der Waals surface area (Å²) < 4.78 is 23.1. The van der Waals surface area contributed by atoms with E-state index < -0.39 is 23.4 Å². The molecule has 1 aromatic carbocycles. The van der Waals surface area contributed by atoms with Crippen LogP contribution in [0.2, 0.25) is 0 Å². The predicted molar refractivity (Wildman–Crippen MR) is 150 cm³/mol. The van der Waals surface area contributed by atoms with Gasteiger partial charge in [0.05, 0.1) is 39.2 Å². The van der Waals surface area contributed by atoms with Crippen molar-refractivity contribution in [3.8, 4) is 5.75 Å². The number of carbonyl (C=O) groups excluding carboxylic acids is 3. The molecule has 5 rings (SSSR count). The van der Waals surface area contributed by atoms with E-state index in [0.717, 1.165) is 24.2 Å². The second kappa shape index (κ2) is 12.1. The zero-order valence-electron chi connectivity index (χ0n) is 24.3. The van der Waals surface area contributed by atoms with Crippen molar-refractivity contribution in [1.29, 1.82) is 0 Å². The number of methoxy groups -OCH3 is 2. The van der Waals surface area contributed by atoms with E-state index in [2.05, 4.69) is 19.2 Å². The Morgan fingerprint density at radius 2 is 1.93 bits per heavy atom. The van der Waals surface area contributed by atoms with Crippen molar-refractivity contribution in [1.82, 2.24) is 10.2 Å². The molecule has 3 aliphatic rings. The maximum absolute atomic E-state index is 14.1. The number of para-hydroxylation sites is 1. The first-order chi connectivity index (χ1) is 19.8. The van der Waals surface area contributed by atoms with E-state index in [-0.39, 0.29) is 49.1 Å². The quantitative estimate of drug-likeness (QED) is 0.407. The summed E-state index contributed by atoms with van der Waals surface area (Å²) >= 11 is 0. The fourth-order valence-electron chi connectivity index (χ4n) is 6.31. The number of esters is 1. The molecule has 220 valence electrons. The zero-order chi connectivity index (χ0) is 29.1. The number of amides is 2. The van der Waals surface area contributed by atoms with Gasteiger partial charge in [-0.3, -0.25) is 14.4 Å². The van der Waals surface area contributed by atoms with Crippen LogP contribution in [-0.2, 0) is 36.8 Å². The second-order valence-corrected chi connectivity index (χ2v) is 11.6. The summed E-state index contributed by atoms with van der Waals surface area (Å²) in [4.78, 5) is 42.7. The van der Waals surface area contributed by atoms with E-state index in [0.29, 0.717) is 24.4 Å². The maximum Gasteiger partial charge on any atom is 0.320 e. The third kappa shape index (κ3) is 5.77. The third-order valence-electron chi connectivity index (χ3n) is 8.53. The molecule has 1 saturated heterocycles. The number of likely N-dealkylation sites (tertiary alicyclic amines) is 1. The molecule has 0 spiro atoms. The zero-order valence-corrected chi connectivity index (χ0v) is 24.3. The second-order valence-electron chi connectivity index (χ2n) is 11.6. The van der Waals surface area contributed by atoms with E-state index in [9.17, 15) is 14.4 Å². The van der Waals surface area contributed by atoms with Crippen LogP contribution in [0.25, 0.3) is 0 Å². The lowest BCUT2D eigenvalue weighted by Gasteiger charge is -2.52. The predicted octanol–water partition coefficient (Wildman–Crippen LogP) is 4.26. The fourth-order valence-corrected chi connectivity index (χ4v) is 6.31. The van der Waals surface area contributed by atoms with Crippen LogP contribution in [0.4, 0.5) is 0 Å². The molecular weight excluding hydrogens is 524 g/mol. The van der Waals surface area contributed by atoms with E-state index in [1.54, 1.807) is 30.4 Å². The monoisotopic (exact) mass is 564 g/mol. The van der Waals surface area contributed by atoms with Gasteiger partial charge in [0.2, 0.25) is 11.8 Å². The number of fused-ring (bicyclic) bond motifs is 1. The Kier molecular flexibility index (Phi) is 8.54. The van der Waals surface area contributed by atoms with Gasteiger partial charge in [-0.15, -0.1) is 0 Å². The Morgan fingerprint density at radius 1 is 1.15 bits per heavy atom. The Balaban J connectivity index is 1.43. The number of hydrogen-bond donors (Lipinski definition) is 1. The molecular formula is C32H40N2O7. The molecule has 1 aromatic heterocycles. The molecule has 0 radical (unpaired) electrons. The number of hydrogen-bond acceptors (Lipinski definition) is 7. The average molecular weight is 565 g/mol. The van der Waals surface area contributed by atoms with Crippen molar-refractivity contribution in [2.45, 2.75) is 64.7 Å². The van der Waals surface area contributed by atoms with Crippen molar-refractivity contribution in [3.05, 3.63) is 65.8 Å². The first kappa shape index (κ1) is 28.9. The molecule has 3 heterocycles. The largest absolute Gasteiger partial charge is 0.496 e. The summed E-state index contributed by atoms with van der Waals surface area (Å²) in [7, 11) is 2.99. The SMILES string of the molecule is COC(=O)[C@]12C[C@H](CC(=O)NCCc3ccccc3OC)C(=O)N(Cc3ccco3)C1=C[C@H](C(C)C)O[C@@H]2C1CC1. The Hall–Kier alpha value is -3.59. The van der Waals surface area contributed by atoms with Crippen LogP contribution < -0.4 is 10.1 Å².